The molecule has 26 heavy (non-hydrogen) atoms. The summed E-state index contributed by atoms with van der Waals surface area (Å²) in [6.45, 7) is 6.13. The number of halogens is 2. The fraction of sp³-hybridized carbons (Fsp3) is 0.650. The Morgan fingerprint density at radius 2 is 1.88 bits per heavy atom. The number of likely N-dealkylation sites (tertiary alicyclic amines) is 1. The Hall–Kier alpha value is -0.810. The van der Waals surface area contributed by atoms with Gasteiger partial charge in [-0.25, -0.2) is 0 Å². The molecule has 0 radical (unpaired) electrons. The van der Waals surface area contributed by atoms with Crippen LogP contribution in [0.25, 0.3) is 0 Å². The second kappa shape index (κ2) is 11.8. The number of hydrogen-bond acceptors (Lipinski definition) is 3. The second-order valence-corrected chi connectivity index (χ2v) is 7.40. The van der Waals surface area contributed by atoms with Crippen LogP contribution in [0.4, 0.5) is 0 Å². The molecule has 1 amide bonds. The summed E-state index contributed by atoms with van der Waals surface area (Å²) in [5.41, 5.74) is 1.44. The summed E-state index contributed by atoms with van der Waals surface area (Å²) < 4.78 is 0. The maximum Gasteiger partial charge on any atom is 0.237 e. The number of amides is 1. The van der Waals surface area contributed by atoms with E-state index in [0.29, 0.717) is 6.04 Å². The topological polar surface area (TPSA) is 44.4 Å². The van der Waals surface area contributed by atoms with Crippen molar-refractivity contribution < 1.29 is 4.79 Å². The van der Waals surface area contributed by atoms with E-state index in [1.54, 1.807) is 0 Å². The Morgan fingerprint density at radius 3 is 2.50 bits per heavy atom. The summed E-state index contributed by atoms with van der Waals surface area (Å²) in [6, 6.07) is 11.1. The van der Waals surface area contributed by atoms with Crippen LogP contribution in [0.1, 0.15) is 38.2 Å². The lowest BCUT2D eigenvalue weighted by Crippen LogP contribution is -2.53. The van der Waals surface area contributed by atoms with Gasteiger partial charge in [-0.3, -0.25) is 9.69 Å². The van der Waals surface area contributed by atoms with Crippen LogP contribution >= 0.6 is 24.8 Å². The molecule has 0 aromatic heterocycles. The molecule has 0 spiro atoms. The number of carbonyl (C=O) groups excluding carboxylic acids is 1. The molecule has 3 rings (SSSR count). The normalized spacial score (nSPS) is 22.6. The quantitative estimate of drug-likeness (QED) is 0.796. The average Bonchev–Trinajstić information content (AvgIpc) is 2.63. The molecule has 1 aromatic rings. The molecular formula is C20H33Cl2N3O. The molecular weight excluding hydrogens is 369 g/mol. The average molecular weight is 402 g/mol. The number of benzene rings is 1. The molecule has 2 aliphatic rings. The first-order valence-corrected chi connectivity index (χ1v) is 9.51. The molecule has 2 fully saturated rings. The Kier molecular flexibility index (Phi) is 10.6. The molecule has 1 unspecified atom stereocenters. The number of hydrogen-bond donors (Lipinski definition) is 2. The standard InChI is InChI=1S/C20H31N3O.2ClH/c1-16(20(24)22-19-8-5-11-21-15-19)23-12-9-18(10-13-23)14-17-6-3-2-4-7-17;;/h2-4,6-7,16,18-19,21H,5,8-15H2,1H3,(H,22,24);2*1H/t16?,19-;;/m0../s1. The van der Waals surface area contributed by atoms with E-state index >= 15 is 0 Å². The van der Waals surface area contributed by atoms with Crippen molar-refractivity contribution in [3.8, 4) is 0 Å². The molecule has 4 nitrogen and oxygen atoms in total. The summed E-state index contributed by atoms with van der Waals surface area (Å²) >= 11 is 0. The zero-order chi connectivity index (χ0) is 16.8. The lowest BCUT2D eigenvalue weighted by molar-refractivity contribution is -0.127. The minimum atomic E-state index is -0.00963. The molecule has 2 heterocycles. The van der Waals surface area contributed by atoms with Crippen LogP contribution in [0.5, 0.6) is 0 Å². The van der Waals surface area contributed by atoms with Crippen LogP contribution in [0.2, 0.25) is 0 Å². The summed E-state index contributed by atoms with van der Waals surface area (Å²) in [5.74, 6) is 0.951. The second-order valence-electron chi connectivity index (χ2n) is 7.40. The van der Waals surface area contributed by atoms with Crippen LogP contribution in [0.3, 0.4) is 0 Å². The van der Waals surface area contributed by atoms with Gasteiger partial charge in [-0.05, 0) is 70.1 Å². The highest BCUT2D eigenvalue weighted by molar-refractivity contribution is 5.85. The summed E-state index contributed by atoms with van der Waals surface area (Å²) in [7, 11) is 0. The fourth-order valence-electron chi connectivity index (χ4n) is 3.95. The van der Waals surface area contributed by atoms with Gasteiger partial charge < -0.3 is 10.6 Å². The summed E-state index contributed by atoms with van der Waals surface area (Å²) in [5, 5.41) is 6.58. The van der Waals surface area contributed by atoms with Crippen molar-refractivity contribution in [3.63, 3.8) is 0 Å². The maximum atomic E-state index is 12.5. The third kappa shape index (κ3) is 6.73. The van der Waals surface area contributed by atoms with Gasteiger partial charge in [0.2, 0.25) is 5.91 Å². The molecule has 2 saturated heterocycles. The highest BCUT2D eigenvalue weighted by Crippen LogP contribution is 2.23. The Bertz CT molecular complexity index is 515. The minimum Gasteiger partial charge on any atom is -0.351 e. The van der Waals surface area contributed by atoms with Crippen LogP contribution in [0, 0.1) is 5.92 Å². The molecule has 0 aliphatic carbocycles. The van der Waals surface area contributed by atoms with E-state index in [1.807, 2.05) is 0 Å². The molecule has 6 heteroatoms. The van der Waals surface area contributed by atoms with E-state index in [9.17, 15) is 4.79 Å². The molecule has 2 aliphatic heterocycles. The Morgan fingerprint density at radius 1 is 1.19 bits per heavy atom. The molecule has 2 N–H and O–H groups in total. The van der Waals surface area contributed by atoms with E-state index in [2.05, 4.69) is 52.8 Å². The number of nitrogens with zero attached hydrogens (tertiary/aromatic N) is 1. The van der Waals surface area contributed by atoms with Gasteiger partial charge in [0.05, 0.1) is 6.04 Å². The third-order valence-corrected chi connectivity index (χ3v) is 5.59. The van der Waals surface area contributed by atoms with E-state index < -0.39 is 0 Å². The first kappa shape index (κ1) is 23.2. The first-order chi connectivity index (χ1) is 11.7. The van der Waals surface area contributed by atoms with Gasteiger partial charge in [-0.15, -0.1) is 24.8 Å². The summed E-state index contributed by atoms with van der Waals surface area (Å²) in [4.78, 5) is 14.9. The van der Waals surface area contributed by atoms with E-state index in [0.717, 1.165) is 44.9 Å². The van der Waals surface area contributed by atoms with Crippen molar-refractivity contribution in [2.24, 2.45) is 5.92 Å². The van der Waals surface area contributed by atoms with Crippen LogP contribution in [-0.2, 0) is 11.2 Å². The molecule has 0 saturated carbocycles. The van der Waals surface area contributed by atoms with Crippen molar-refractivity contribution >= 4 is 30.7 Å². The van der Waals surface area contributed by atoms with Crippen molar-refractivity contribution in [3.05, 3.63) is 35.9 Å². The minimum absolute atomic E-state index is 0. The van der Waals surface area contributed by atoms with E-state index in [-0.39, 0.29) is 36.8 Å². The zero-order valence-corrected chi connectivity index (χ0v) is 17.3. The van der Waals surface area contributed by atoms with Gasteiger partial charge in [0.1, 0.15) is 0 Å². The predicted molar refractivity (Wildman–Crippen MR) is 112 cm³/mol. The zero-order valence-electron chi connectivity index (χ0n) is 15.7. The number of nitrogens with one attached hydrogen (secondary N) is 2. The van der Waals surface area contributed by atoms with Crippen molar-refractivity contribution in [1.82, 2.24) is 15.5 Å². The number of piperidine rings is 2. The monoisotopic (exact) mass is 401 g/mol. The largest absolute Gasteiger partial charge is 0.351 e. The van der Waals surface area contributed by atoms with Crippen LogP contribution in [0.15, 0.2) is 30.3 Å². The molecule has 148 valence electrons. The molecule has 2 atom stereocenters. The first-order valence-electron chi connectivity index (χ1n) is 9.51. The fourth-order valence-corrected chi connectivity index (χ4v) is 3.95. The van der Waals surface area contributed by atoms with E-state index in [1.165, 1.54) is 24.8 Å². The lowest BCUT2D eigenvalue weighted by atomic mass is 9.89. The number of rotatable bonds is 5. The van der Waals surface area contributed by atoms with Gasteiger partial charge in [-0.2, -0.15) is 0 Å². The van der Waals surface area contributed by atoms with Gasteiger partial charge in [-0.1, -0.05) is 30.3 Å². The Labute approximate surface area is 170 Å². The van der Waals surface area contributed by atoms with Crippen LogP contribution in [-0.4, -0.2) is 49.1 Å². The van der Waals surface area contributed by atoms with Crippen molar-refractivity contribution in [1.29, 1.82) is 0 Å². The van der Waals surface area contributed by atoms with E-state index in [4.69, 9.17) is 0 Å². The van der Waals surface area contributed by atoms with Gasteiger partial charge in [0, 0.05) is 12.6 Å². The SMILES string of the molecule is CC(C(=O)N[C@H]1CCCNC1)N1CCC(Cc2ccccc2)CC1.Cl.Cl. The highest BCUT2D eigenvalue weighted by atomic mass is 35.5. The van der Waals surface area contributed by atoms with Crippen molar-refractivity contribution in [2.75, 3.05) is 26.2 Å². The van der Waals surface area contributed by atoms with Crippen LogP contribution < -0.4 is 10.6 Å². The predicted octanol–water partition coefficient (Wildman–Crippen LogP) is 3.04. The summed E-state index contributed by atoms with van der Waals surface area (Å²) in [6.07, 6.45) is 5.81. The highest BCUT2D eigenvalue weighted by Gasteiger charge is 2.28. The smallest absolute Gasteiger partial charge is 0.237 e. The lowest BCUT2D eigenvalue weighted by Gasteiger charge is -2.36. The van der Waals surface area contributed by atoms with Gasteiger partial charge in [0.15, 0.2) is 0 Å². The molecule has 0 bridgehead atoms. The molecule has 1 aromatic carbocycles. The number of carbonyl (C=O) groups is 1. The van der Waals surface area contributed by atoms with Gasteiger partial charge >= 0.3 is 0 Å². The van der Waals surface area contributed by atoms with Gasteiger partial charge in [0.25, 0.3) is 0 Å². The third-order valence-electron chi connectivity index (χ3n) is 5.59. The maximum absolute atomic E-state index is 12.5. The Balaban J connectivity index is 0.00000169. The van der Waals surface area contributed by atoms with Crippen molar-refractivity contribution in [2.45, 2.75) is 51.1 Å².